The molecule has 0 amide bonds. The van der Waals surface area contributed by atoms with E-state index in [1.807, 2.05) is 30.3 Å². The highest BCUT2D eigenvalue weighted by atomic mass is 32.2. The highest BCUT2D eigenvalue weighted by molar-refractivity contribution is 7.89. The molecular formula is C13H17N3O2S. The highest BCUT2D eigenvalue weighted by Crippen LogP contribution is 2.15. The van der Waals surface area contributed by atoms with Crippen molar-refractivity contribution in [3.8, 4) is 0 Å². The second-order valence-corrected chi connectivity index (χ2v) is 6.23. The number of hydrogen-bond acceptors (Lipinski definition) is 4. The Kier molecular flexibility index (Phi) is 4.47. The van der Waals surface area contributed by atoms with Crippen molar-refractivity contribution in [3.05, 3.63) is 42.1 Å². The maximum atomic E-state index is 11.3. The first-order chi connectivity index (χ1) is 9.12. The van der Waals surface area contributed by atoms with Crippen LogP contribution in [0.3, 0.4) is 0 Å². The van der Waals surface area contributed by atoms with Crippen LogP contribution in [-0.4, -0.2) is 32.7 Å². The van der Waals surface area contributed by atoms with E-state index in [9.17, 15) is 8.42 Å². The molecule has 0 radical (unpaired) electrons. The maximum Gasteiger partial charge on any atom is 0.212 e. The van der Waals surface area contributed by atoms with Crippen LogP contribution in [0.25, 0.3) is 10.9 Å². The summed E-state index contributed by atoms with van der Waals surface area (Å²) in [6.45, 7) is 1.04. The highest BCUT2D eigenvalue weighted by Gasteiger charge is 2.06. The molecule has 1 aromatic carbocycles. The predicted molar refractivity (Wildman–Crippen MR) is 76.3 cm³/mol. The number of pyridine rings is 1. The minimum Gasteiger partial charge on any atom is -0.312 e. The van der Waals surface area contributed by atoms with Crippen LogP contribution in [0.4, 0.5) is 0 Å². The fraction of sp³-hybridized carbons (Fsp3) is 0.308. The molecule has 0 atom stereocenters. The van der Waals surface area contributed by atoms with Gasteiger partial charge in [-0.25, -0.2) is 13.1 Å². The van der Waals surface area contributed by atoms with E-state index in [0.29, 0.717) is 13.1 Å². The van der Waals surface area contributed by atoms with E-state index >= 15 is 0 Å². The number of para-hydroxylation sites is 1. The molecular weight excluding hydrogens is 262 g/mol. The normalized spacial score (nSPS) is 11.8. The van der Waals surface area contributed by atoms with Crippen LogP contribution in [0.1, 0.15) is 5.56 Å². The van der Waals surface area contributed by atoms with E-state index in [1.54, 1.807) is 6.20 Å². The van der Waals surface area contributed by atoms with Gasteiger partial charge in [-0.05, 0) is 24.7 Å². The zero-order valence-electron chi connectivity index (χ0n) is 10.8. The molecule has 0 unspecified atom stereocenters. The Bertz CT molecular complexity index is 650. The number of benzene rings is 1. The molecule has 19 heavy (non-hydrogen) atoms. The standard InChI is InChI=1S/C13H17N3O2S/c1-14-19(17,18)9-8-15-10-11-6-7-16-13-5-3-2-4-12(11)13/h2-7,14-15H,8-10H2,1H3. The Morgan fingerprint density at radius 1 is 1.21 bits per heavy atom. The molecule has 0 spiro atoms. The molecule has 102 valence electrons. The van der Waals surface area contributed by atoms with Crippen LogP contribution in [0.5, 0.6) is 0 Å². The van der Waals surface area contributed by atoms with Gasteiger partial charge in [0.2, 0.25) is 10.0 Å². The summed E-state index contributed by atoms with van der Waals surface area (Å²) in [5, 5.41) is 4.23. The molecule has 6 heteroatoms. The van der Waals surface area contributed by atoms with Gasteiger partial charge in [-0.3, -0.25) is 4.98 Å². The number of hydrogen-bond donors (Lipinski definition) is 2. The molecule has 0 aliphatic rings. The molecule has 5 nitrogen and oxygen atoms in total. The summed E-state index contributed by atoms with van der Waals surface area (Å²) < 4.78 is 24.8. The average molecular weight is 279 g/mol. The van der Waals surface area contributed by atoms with Crippen molar-refractivity contribution in [1.29, 1.82) is 0 Å². The molecule has 0 fully saturated rings. The fourth-order valence-electron chi connectivity index (χ4n) is 1.84. The van der Waals surface area contributed by atoms with Gasteiger partial charge < -0.3 is 5.32 Å². The maximum absolute atomic E-state index is 11.3. The Morgan fingerprint density at radius 3 is 2.79 bits per heavy atom. The molecule has 1 aromatic heterocycles. The van der Waals surface area contributed by atoms with Crippen molar-refractivity contribution in [2.24, 2.45) is 0 Å². The first kappa shape index (κ1) is 13.9. The zero-order valence-corrected chi connectivity index (χ0v) is 11.6. The Hall–Kier alpha value is -1.50. The molecule has 0 saturated carbocycles. The minimum atomic E-state index is -3.14. The van der Waals surface area contributed by atoms with Gasteiger partial charge in [-0.2, -0.15) is 0 Å². The van der Waals surface area contributed by atoms with Crippen molar-refractivity contribution < 1.29 is 8.42 Å². The van der Waals surface area contributed by atoms with E-state index in [1.165, 1.54) is 7.05 Å². The quantitative estimate of drug-likeness (QED) is 0.770. The van der Waals surface area contributed by atoms with Crippen LogP contribution in [0.2, 0.25) is 0 Å². The minimum absolute atomic E-state index is 0.0759. The van der Waals surface area contributed by atoms with Crippen LogP contribution >= 0.6 is 0 Å². The molecule has 2 rings (SSSR count). The number of rotatable bonds is 6. The smallest absolute Gasteiger partial charge is 0.212 e. The lowest BCUT2D eigenvalue weighted by Crippen LogP contribution is -2.29. The predicted octanol–water partition coefficient (Wildman–Crippen LogP) is 0.874. The molecule has 0 saturated heterocycles. The third-order valence-corrected chi connectivity index (χ3v) is 4.28. The Balaban J connectivity index is 1.99. The second kappa shape index (κ2) is 6.10. The lowest BCUT2D eigenvalue weighted by Gasteiger charge is -2.08. The Labute approximate surface area is 113 Å². The van der Waals surface area contributed by atoms with Crippen LogP contribution < -0.4 is 10.0 Å². The molecule has 0 aliphatic heterocycles. The average Bonchev–Trinajstić information content (AvgIpc) is 2.44. The monoisotopic (exact) mass is 279 g/mol. The lowest BCUT2D eigenvalue weighted by atomic mass is 10.1. The van der Waals surface area contributed by atoms with Crippen molar-refractivity contribution in [1.82, 2.24) is 15.0 Å². The summed E-state index contributed by atoms with van der Waals surface area (Å²) in [6, 6.07) is 9.85. The van der Waals surface area contributed by atoms with E-state index < -0.39 is 10.0 Å². The molecule has 2 aromatic rings. The summed E-state index contributed by atoms with van der Waals surface area (Å²) in [6.07, 6.45) is 1.77. The molecule has 0 bridgehead atoms. The first-order valence-corrected chi connectivity index (χ1v) is 7.72. The number of fused-ring (bicyclic) bond motifs is 1. The third kappa shape index (κ3) is 3.73. The topological polar surface area (TPSA) is 71.1 Å². The van der Waals surface area contributed by atoms with Gasteiger partial charge in [0.15, 0.2) is 0 Å². The van der Waals surface area contributed by atoms with Crippen LogP contribution in [-0.2, 0) is 16.6 Å². The number of aromatic nitrogens is 1. The number of sulfonamides is 1. The van der Waals surface area contributed by atoms with Gasteiger partial charge in [0.1, 0.15) is 0 Å². The van der Waals surface area contributed by atoms with Gasteiger partial charge in [0.25, 0.3) is 0 Å². The molecule has 0 aliphatic carbocycles. The van der Waals surface area contributed by atoms with Crippen molar-refractivity contribution >= 4 is 20.9 Å². The van der Waals surface area contributed by atoms with E-state index in [2.05, 4.69) is 15.0 Å². The number of nitrogens with one attached hydrogen (secondary N) is 2. The lowest BCUT2D eigenvalue weighted by molar-refractivity contribution is 0.583. The van der Waals surface area contributed by atoms with Crippen molar-refractivity contribution in [2.45, 2.75) is 6.54 Å². The number of nitrogens with zero attached hydrogens (tertiary/aromatic N) is 1. The van der Waals surface area contributed by atoms with E-state index in [-0.39, 0.29) is 5.75 Å². The largest absolute Gasteiger partial charge is 0.312 e. The van der Waals surface area contributed by atoms with Crippen LogP contribution in [0, 0.1) is 0 Å². The summed E-state index contributed by atoms with van der Waals surface area (Å²) in [7, 11) is -1.72. The van der Waals surface area contributed by atoms with Gasteiger partial charge >= 0.3 is 0 Å². The van der Waals surface area contributed by atoms with Crippen LogP contribution in [0.15, 0.2) is 36.5 Å². The van der Waals surface area contributed by atoms with Crippen molar-refractivity contribution in [3.63, 3.8) is 0 Å². The molecule has 1 heterocycles. The second-order valence-electron chi connectivity index (χ2n) is 4.19. The van der Waals surface area contributed by atoms with E-state index in [4.69, 9.17) is 0 Å². The summed E-state index contributed by atoms with van der Waals surface area (Å²) in [5.41, 5.74) is 2.07. The van der Waals surface area contributed by atoms with Crippen molar-refractivity contribution in [2.75, 3.05) is 19.3 Å². The van der Waals surface area contributed by atoms with Gasteiger partial charge in [-0.15, -0.1) is 0 Å². The third-order valence-electron chi connectivity index (χ3n) is 2.91. The molecule has 2 N–H and O–H groups in total. The first-order valence-electron chi connectivity index (χ1n) is 6.07. The summed E-state index contributed by atoms with van der Waals surface area (Å²) >= 11 is 0. The summed E-state index contributed by atoms with van der Waals surface area (Å²) in [4.78, 5) is 4.29. The zero-order chi connectivity index (χ0) is 13.7. The summed E-state index contributed by atoms with van der Waals surface area (Å²) in [5.74, 6) is 0.0759. The van der Waals surface area contributed by atoms with E-state index in [0.717, 1.165) is 16.5 Å². The fourth-order valence-corrected chi connectivity index (χ4v) is 2.46. The van der Waals surface area contributed by atoms with Gasteiger partial charge in [0, 0.05) is 24.7 Å². The SMILES string of the molecule is CNS(=O)(=O)CCNCc1ccnc2ccccc12. The van der Waals surface area contributed by atoms with Gasteiger partial charge in [0.05, 0.1) is 11.3 Å². The Morgan fingerprint density at radius 2 is 2.00 bits per heavy atom. The van der Waals surface area contributed by atoms with Gasteiger partial charge in [-0.1, -0.05) is 18.2 Å².